The average molecular weight is 497 g/mol. The van der Waals surface area contributed by atoms with E-state index in [-0.39, 0.29) is 24.2 Å². The smallest absolute Gasteiger partial charge is 0.325 e. The third-order valence-corrected chi connectivity index (χ3v) is 6.71. The fourth-order valence-electron chi connectivity index (χ4n) is 4.79. The van der Waals surface area contributed by atoms with E-state index in [0.29, 0.717) is 25.3 Å². The van der Waals surface area contributed by atoms with Gasteiger partial charge in [0.25, 0.3) is 5.56 Å². The monoisotopic (exact) mass is 496 g/mol. The number of ether oxygens (including phenoxy) is 3. The van der Waals surface area contributed by atoms with Crippen LogP contribution in [0.3, 0.4) is 0 Å². The van der Waals surface area contributed by atoms with E-state index in [1.807, 2.05) is 37.4 Å². The SMILES string of the molecule is COCCn1c(-c2cc(C)c(=O)n(C)c2)nc2cc(CN[C@@H](COC)C(=O)OC3CCCC3)ccc21. The number of esters is 1. The number of nitrogens with zero attached hydrogens (tertiary/aromatic N) is 3. The zero-order valence-corrected chi connectivity index (χ0v) is 21.6. The highest BCUT2D eigenvalue weighted by Crippen LogP contribution is 2.26. The van der Waals surface area contributed by atoms with Gasteiger partial charge < -0.3 is 23.3 Å². The Kier molecular flexibility index (Phi) is 8.56. The standard InChI is InChI=1S/C27H36N4O5/c1-18-13-20(16-30(2)26(18)32)25-29-22-14-19(9-10-24(22)31(25)11-12-34-3)15-28-23(17-35-4)27(33)36-21-7-5-6-8-21/h9-10,13-14,16,21,23,28H,5-8,11-12,15,17H2,1-4H3/t23-/m0/s1. The summed E-state index contributed by atoms with van der Waals surface area (Å²) < 4.78 is 20.0. The number of fused-ring (bicyclic) bond motifs is 1. The highest BCUT2D eigenvalue weighted by molar-refractivity contribution is 5.81. The number of benzene rings is 1. The van der Waals surface area contributed by atoms with Crippen LogP contribution in [0.1, 0.15) is 36.8 Å². The molecular formula is C27H36N4O5. The summed E-state index contributed by atoms with van der Waals surface area (Å²) in [5.41, 5.74) is 4.33. The lowest BCUT2D eigenvalue weighted by molar-refractivity contribution is -0.152. The summed E-state index contributed by atoms with van der Waals surface area (Å²) in [5.74, 6) is 0.518. The number of rotatable bonds is 11. The number of aryl methyl sites for hydroxylation is 2. The summed E-state index contributed by atoms with van der Waals surface area (Å²) in [6.07, 6.45) is 5.92. The average Bonchev–Trinajstić information content (AvgIpc) is 3.50. The van der Waals surface area contributed by atoms with Gasteiger partial charge in [-0.25, -0.2) is 4.98 Å². The lowest BCUT2D eigenvalue weighted by Gasteiger charge is -2.19. The largest absolute Gasteiger partial charge is 0.461 e. The second-order valence-electron chi connectivity index (χ2n) is 9.46. The fraction of sp³-hybridized carbons (Fsp3) is 0.519. The lowest BCUT2D eigenvalue weighted by Crippen LogP contribution is -2.42. The maximum absolute atomic E-state index is 12.7. The molecule has 2 heterocycles. The Balaban J connectivity index is 1.57. The molecule has 0 spiro atoms. The van der Waals surface area contributed by atoms with Crippen molar-refractivity contribution in [1.29, 1.82) is 0 Å². The number of carbonyl (C=O) groups excluding carboxylic acids is 1. The minimum absolute atomic E-state index is 0.0191. The number of nitrogens with one attached hydrogen (secondary N) is 1. The zero-order valence-electron chi connectivity index (χ0n) is 21.6. The van der Waals surface area contributed by atoms with Crippen LogP contribution in [0.2, 0.25) is 0 Å². The van der Waals surface area contributed by atoms with E-state index in [2.05, 4.69) is 9.88 Å². The molecule has 1 aliphatic carbocycles. The summed E-state index contributed by atoms with van der Waals surface area (Å²) in [7, 11) is 5.00. The van der Waals surface area contributed by atoms with Crippen molar-refractivity contribution in [3.63, 3.8) is 0 Å². The Morgan fingerprint density at radius 2 is 1.97 bits per heavy atom. The van der Waals surface area contributed by atoms with Crippen LogP contribution in [0, 0.1) is 6.92 Å². The predicted molar refractivity (Wildman–Crippen MR) is 138 cm³/mol. The first kappa shape index (κ1) is 26.1. The molecular weight excluding hydrogens is 460 g/mol. The maximum Gasteiger partial charge on any atom is 0.325 e. The minimum Gasteiger partial charge on any atom is -0.461 e. The Bertz CT molecular complexity index is 1230. The van der Waals surface area contributed by atoms with Crippen molar-refractivity contribution < 1.29 is 19.0 Å². The van der Waals surface area contributed by atoms with E-state index in [0.717, 1.165) is 53.7 Å². The van der Waals surface area contributed by atoms with E-state index < -0.39 is 6.04 Å². The number of hydrogen-bond donors (Lipinski definition) is 1. The maximum atomic E-state index is 12.7. The minimum atomic E-state index is -0.533. The van der Waals surface area contributed by atoms with Crippen molar-refractivity contribution in [3.8, 4) is 11.4 Å². The summed E-state index contributed by atoms with van der Waals surface area (Å²) in [6.45, 7) is 3.70. The molecule has 4 rings (SSSR count). The first-order valence-corrected chi connectivity index (χ1v) is 12.5. The number of carbonyl (C=O) groups is 1. The number of aromatic nitrogens is 3. The van der Waals surface area contributed by atoms with Gasteiger partial charge in [0.15, 0.2) is 0 Å². The molecule has 0 saturated heterocycles. The lowest BCUT2D eigenvalue weighted by atomic mass is 10.2. The highest BCUT2D eigenvalue weighted by Gasteiger charge is 2.25. The van der Waals surface area contributed by atoms with Crippen LogP contribution in [-0.2, 0) is 39.1 Å². The first-order valence-electron chi connectivity index (χ1n) is 12.5. The molecule has 36 heavy (non-hydrogen) atoms. The number of hydrogen-bond acceptors (Lipinski definition) is 7. The van der Waals surface area contributed by atoms with Crippen LogP contribution in [-0.4, -0.2) is 59.7 Å². The van der Waals surface area contributed by atoms with Gasteiger partial charge in [-0.2, -0.15) is 0 Å². The Morgan fingerprint density at radius 3 is 2.67 bits per heavy atom. The van der Waals surface area contributed by atoms with E-state index in [4.69, 9.17) is 19.2 Å². The number of methoxy groups -OCH3 is 2. The number of pyridine rings is 1. The van der Waals surface area contributed by atoms with Gasteiger partial charge in [0.05, 0.1) is 24.2 Å². The van der Waals surface area contributed by atoms with Gasteiger partial charge in [-0.15, -0.1) is 0 Å². The third kappa shape index (κ3) is 5.86. The van der Waals surface area contributed by atoms with Crippen molar-refractivity contribution in [3.05, 3.63) is 51.9 Å². The van der Waals surface area contributed by atoms with Crippen molar-refractivity contribution in [1.82, 2.24) is 19.4 Å². The molecule has 0 radical (unpaired) electrons. The van der Waals surface area contributed by atoms with Gasteiger partial charge in [-0.1, -0.05) is 6.07 Å². The fourth-order valence-corrected chi connectivity index (χ4v) is 4.79. The Labute approximate surface area is 211 Å². The van der Waals surface area contributed by atoms with Crippen molar-refractivity contribution >= 4 is 17.0 Å². The van der Waals surface area contributed by atoms with Crippen molar-refractivity contribution in [2.75, 3.05) is 27.4 Å². The molecule has 9 nitrogen and oxygen atoms in total. The molecule has 194 valence electrons. The van der Waals surface area contributed by atoms with Gasteiger partial charge in [0.2, 0.25) is 0 Å². The molecule has 1 N–H and O–H groups in total. The molecule has 1 atom stereocenters. The highest BCUT2D eigenvalue weighted by atomic mass is 16.5. The van der Waals surface area contributed by atoms with Gasteiger partial charge in [-0.05, 0) is 56.4 Å². The van der Waals surface area contributed by atoms with Crippen LogP contribution < -0.4 is 10.9 Å². The summed E-state index contributed by atoms with van der Waals surface area (Å²) in [6, 6.07) is 7.43. The van der Waals surface area contributed by atoms with E-state index in [9.17, 15) is 9.59 Å². The summed E-state index contributed by atoms with van der Waals surface area (Å²) in [4.78, 5) is 29.8. The molecule has 0 bridgehead atoms. The Morgan fingerprint density at radius 1 is 1.19 bits per heavy atom. The van der Waals surface area contributed by atoms with Crippen molar-refractivity contribution in [2.24, 2.45) is 7.05 Å². The second-order valence-corrected chi connectivity index (χ2v) is 9.46. The molecule has 0 aliphatic heterocycles. The van der Waals surface area contributed by atoms with Gasteiger partial charge in [0.1, 0.15) is 18.0 Å². The van der Waals surface area contributed by atoms with E-state index in [1.165, 1.54) is 0 Å². The van der Waals surface area contributed by atoms with E-state index in [1.54, 1.807) is 25.8 Å². The quantitative estimate of drug-likeness (QED) is 0.408. The zero-order chi connectivity index (χ0) is 25.7. The molecule has 3 aromatic rings. The normalized spacial score (nSPS) is 15.0. The van der Waals surface area contributed by atoms with Crippen molar-refractivity contribution in [2.45, 2.75) is 57.8 Å². The third-order valence-electron chi connectivity index (χ3n) is 6.71. The Hall–Kier alpha value is -3.01. The van der Waals surface area contributed by atoms with Crippen LogP contribution in [0.25, 0.3) is 22.4 Å². The molecule has 2 aromatic heterocycles. The summed E-state index contributed by atoms with van der Waals surface area (Å²) in [5, 5.41) is 3.29. The van der Waals surface area contributed by atoms with Crippen LogP contribution >= 0.6 is 0 Å². The molecule has 9 heteroatoms. The molecule has 1 aromatic carbocycles. The van der Waals surface area contributed by atoms with Crippen LogP contribution in [0.15, 0.2) is 35.3 Å². The predicted octanol–water partition coefficient (Wildman–Crippen LogP) is 2.95. The van der Waals surface area contributed by atoms with Gasteiger partial charge >= 0.3 is 5.97 Å². The molecule has 1 fully saturated rings. The summed E-state index contributed by atoms with van der Waals surface area (Å²) >= 11 is 0. The van der Waals surface area contributed by atoms with Crippen LogP contribution in [0.4, 0.5) is 0 Å². The topological polar surface area (TPSA) is 96.6 Å². The first-order chi connectivity index (χ1) is 17.4. The van der Waals surface area contributed by atoms with Gasteiger partial charge in [0, 0.05) is 51.7 Å². The molecule has 0 unspecified atom stereocenters. The second kappa shape index (κ2) is 11.8. The van der Waals surface area contributed by atoms with Gasteiger partial charge in [-0.3, -0.25) is 14.9 Å². The molecule has 1 aliphatic rings. The van der Waals surface area contributed by atoms with Crippen LogP contribution in [0.5, 0.6) is 0 Å². The van der Waals surface area contributed by atoms with E-state index >= 15 is 0 Å². The number of imidazole rings is 1. The molecule has 0 amide bonds. The molecule has 1 saturated carbocycles.